The number of rotatable bonds is 3. The molecule has 0 aromatic heterocycles. The Morgan fingerprint density at radius 2 is 1.94 bits per heavy atom. The lowest BCUT2D eigenvalue weighted by Crippen LogP contribution is -2.47. The fourth-order valence-electron chi connectivity index (χ4n) is 4.42. The van der Waals surface area contributed by atoms with Crippen molar-refractivity contribution < 1.29 is 13.2 Å². The normalized spacial score (nSPS) is 23.2. The van der Waals surface area contributed by atoms with E-state index >= 15 is 0 Å². The van der Waals surface area contributed by atoms with Gasteiger partial charge in [0.1, 0.15) is 6.17 Å². The summed E-state index contributed by atoms with van der Waals surface area (Å²) in [6.07, 6.45) is 8.38. The maximum absolute atomic E-state index is 12.9. The highest BCUT2D eigenvalue weighted by Crippen LogP contribution is 2.34. The predicted molar refractivity (Wildman–Crippen MR) is 114 cm³/mol. The second-order valence-corrected chi connectivity index (χ2v) is 7.91. The van der Waals surface area contributed by atoms with Crippen LogP contribution in [0.2, 0.25) is 0 Å². The van der Waals surface area contributed by atoms with Crippen LogP contribution in [-0.4, -0.2) is 42.3 Å². The molecule has 2 N–H and O–H groups in total. The lowest BCUT2D eigenvalue weighted by atomic mass is 10.0. The number of halogens is 3. The minimum Gasteiger partial charge on any atom is -0.366 e. The van der Waals surface area contributed by atoms with E-state index in [1.807, 2.05) is 19.2 Å². The second kappa shape index (κ2) is 7.53. The molecular weight excluding hydrogens is 403 g/mol. The standard InChI is InChI=1S/C23H24F3N5/c1-2-3-19-12-27-22-9-4-16(14-30(19)22)20-13-28-31-11-10-29(15-21(20)31)18-7-5-17(6-8-18)23(24,25)26/h2-9,12,14,22,27-28H,10-11,13,15H2,1H3/b3-2-. The molecule has 4 heterocycles. The molecule has 0 saturated carbocycles. The van der Waals surface area contributed by atoms with Crippen molar-refractivity contribution in [2.75, 3.05) is 31.1 Å². The third kappa shape index (κ3) is 3.61. The average molecular weight is 427 g/mol. The van der Waals surface area contributed by atoms with Crippen LogP contribution in [0.25, 0.3) is 0 Å². The monoisotopic (exact) mass is 427 g/mol. The number of fused-ring (bicyclic) bond motifs is 2. The highest BCUT2D eigenvalue weighted by molar-refractivity contribution is 5.54. The maximum atomic E-state index is 12.9. The summed E-state index contributed by atoms with van der Waals surface area (Å²) in [4.78, 5) is 4.35. The van der Waals surface area contributed by atoms with Gasteiger partial charge in [-0.2, -0.15) is 13.2 Å². The van der Waals surface area contributed by atoms with Crippen LogP contribution in [0.5, 0.6) is 0 Å². The molecule has 4 aliphatic heterocycles. The average Bonchev–Trinajstić information content (AvgIpc) is 3.37. The molecule has 0 spiro atoms. The molecule has 0 aliphatic carbocycles. The number of hydrogen-bond acceptors (Lipinski definition) is 5. The van der Waals surface area contributed by atoms with Gasteiger partial charge < -0.3 is 20.1 Å². The van der Waals surface area contributed by atoms with Crippen LogP contribution in [0, 0.1) is 0 Å². The first-order chi connectivity index (χ1) is 14.9. The number of alkyl halides is 3. The highest BCUT2D eigenvalue weighted by Gasteiger charge is 2.33. The molecule has 1 fully saturated rings. The molecule has 8 heteroatoms. The van der Waals surface area contributed by atoms with Crippen LogP contribution in [0.15, 0.2) is 83.5 Å². The van der Waals surface area contributed by atoms with E-state index in [1.165, 1.54) is 11.3 Å². The fraction of sp³-hybridized carbons (Fsp3) is 0.304. The Balaban J connectivity index is 1.40. The van der Waals surface area contributed by atoms with E-state index in [2.05, 4.69) is 50.0 Å². The Morgan fingerprint density at radius 3 is 2.68 bits per heavy atom. The number of benzene rings is 1. The molecule has 0 amide bonds. The zero-order valence-corrected chi connectivity index (χ0v) is 17.2. The van der Waals surface area contributed by atoms with Crippen molar-refractivity contribution in [3.8, 4) is 0 Å². The summed E-state index contributed by atoms with van der Waals surface area (Å²) >= 11 is 0. The number of allylic oxidation sites excluding steroid dienone is 3. The van der Waals surface area contributed by atoms with E-state index in [1.54, 1.807) is 12.1 Å². The quantitative estimate of drug-likeness (QED) is 0.769. The number of anilines is 1. The van der Waals surface area contributed by atoms with Gasteiger partial charge in [0.05, 0.1) is 30.0 Å². The Morgan fingerprint density at radius 1 is 1.13 bits per heavy atom. The van der Waals surface area contributed by atoms with E-state index in [0.717, 1.165) is 48.7 Å². The number of nitrogens with one attached hydrogen (secondary N) is 2. The van der Waals surface area contributed by atoms with Gasteiger partial charge in [-0.15, -0.1) is 0 Å². The van der Waals surface area contributed by atoms with Gasteiger partial charge in [-0.1, -0.05) is 12.2 Å². The van der Waals surface area contributed by atoms with Crippen molar-refractivity contribution in [3.05, 3.63) is 89.1 Å². The zero-order chi connectivity index (χ0) is 21.6. The maximum Gasteiger partial charge on any atom is 0.416 e. The van der Waals surface area contributed by atoms with Gasteiger partial charge >= 0.3 is 6.18 Å². The van der Waals surface area contributed by atoms with Gasteiger partial charge in [0.2, 0.25) is 0 Å². The van der Waals surface area contributed by atoms with Crippen LogP contribution < -0.4 is 15.6 Å². The van der Waals surface area contributed by atoms with Gasteiger partial charge in [0, 0.05) is 31.2 Å². The van der Waals surface area contributed by atoms with E-state index in [4.69, 9.17) is 0 Å². The summed E-state index contributed by atoms with van der Waals surface area (Å²) in [7, 11) is 0. The lowest BCUT2D eigenvalue weighted by Gasteiger charge is -2.37. The van der Waals surface area contributed by atoms with Crippen LogP contribution >= 0.6 is 0 Å². The molecule has 1 atom stereocenters. The van der Waals surface area contributed by atoms with Crippen LogP contribution in [0.3, 0.4) is 0 Å². The van der Waals surface area contributed by atoms with Crippen molar-refractivity contribution in [2.24, 2.45) is 0 Å². The summed E-state index contributed by atoms with van der Waals surface area (Å²) in [5.74, 6) is 0. The van der Waals surface area contributed by atoms with Gasteiger partial charge in [-0.3, -0.25) is 0 Å². The number of hydrogen-bond donors (Lipinski definition) is 2. The van der Waals surface area contributed by atoms with Gasteiger partial charge in [-0.25, -0.2) is 5.43 Å². The molecule has 1 aromatic rings. The molecule has 4 aliphatic rings. The van der Waals surface area contributed by atoms with Crippen LogP contribution in [0.1, 0.15) is 12.5 Å². The van der Waals surface area contributed by atoms with Crippen molar-refractivity contribution in [2.45, 2.75) is 19.3 Å². The SMILES string of the molecule is C/C=C\C1=CNC2C=CC(C3=C4CN(c5ccc(C(F)(F)F)cc5)CCN4NC3)=CN12. The van der Waals surface area contributed by atoms with Crippen molar-refractivity contribution in [3.63, 3.8) is 0 Å². The van der Waals surface area contributed by atoms with E-state index in [-0.39, 0.29) is 6.17 Å². The van der Waals surface area contributed by atoms with E-state index < -0.39 is 11.7 Å². The van der Waals surface area contributed by atoms with Gasteiger partial charge in [0.25, 0.3) is 0 Å². The predicted octanol–water partition coefficient (Wildman–Crippen LogP) is 3.70. The summed E-state index contributed by atoms with van der Waals surface area (Å²) in [5.41, 5.74) is 8.29. The highest BCUT2D eigenvalue weighted by atomic mass is 19.4. The topological polar surface area (TPSA) is 33.8 Å². The largest absolute Gasteiger partial charge is 0.416 e. The molecule has 1 saturated heterocycles. The smallest absolute Gasteiger partial charge is 0.366 e. The minimum absolute atomic E-state index is 0.126. The summed E-state index contributed by atoms with van der Waals surface area (Å²) in [6, 6.07) is 5.45. The van der Waals surface area contributed by atoms with E-state index in [0.29, 0.717) is 6.54 Å². The Kier molecular flexibility index (Phi) is 4.81. The molecule has 1 unspecified atom stereocenters. The molecule has 5 rings (SSSR count). The van der Waals surface area contributed by atoms with Crippen molar-refractivity contribution in [1.82, 2.24) is 20.7 Å². The molecule has 5 nitrogen and oxygen atoms in total. The van der Waals surface area contributed by atoms with Crippen molar-refractivity contribution in [1.29, 1.82) is 0 Å². The molecule has 1 aromatic carbocycles. The molecule has 0 radical (unpaired) electrons. The Labute approximate surface area is 179 Å². The van der Waals surface area contributed by atoms with E-state index in [9.17, 15) is 13.2 Å². The van der Waals surface area contributed by atoms with Crippen LogP contribution in [0.4, 0.5) is 18.9 Å². The molecule has 162 valence electrons. The third-order valence-electron chi connectivity index (χ3n) is 6.04. The number of piperazine rings is 1. The first-order valence-electron chi connectivity index (χ1n) is 10.4. The zero-order valence-electron chi connectivity index (χ0n) is 17.2. The number of nitrogens with zero attached hydrogens (tertiary/aromatic N) is 3. The number of hydrazine groups is 1. The van der Waals surface area contributed by atoms with Crippen molar-refractivity contribution >= 4 is 5.69 Å². The minimum atomic E-state index is -4.31. The summed E-state index contributed by atoms with van der Waals surface area (Å²) < 4.78 is 38.7. The molecular formula is C23H24F3N5. The Bertz CT molecular complexity index is 1020. The lowest BCUT2D eigenvalue weighted by molar-refractivity contribution is -0.137. The summed E-state index contributed by atoms with van der Waals surface area (Å²) in [5, 5.41) is 5.52. The van der Waals surface area contributed by atoms with Gasteiger partial charge in [-0.05, 0) is 54.5 Å². The first-order valence-corrected chi connectivity index (χ1v) is 10.4. The summed E-state index contributed by atoms with van der Waals surface area (Å²) in [6.45, 7) is 4.91. The second-order valence-electron chi connectivity index (χ2n) is 7.91. The first kappa shape index (κ1) is 19.8. The van der Waals surface area contributed by atoms with Gasteiger partial charge in [0.15, 0.2) is 0 Å². The molecule has 31 heavy (non-hydrogen) atoms. The molecule has 0 bridgehead atoms. The van der Waals surface area contributed by atoms with Crippen LogP contribution in [-0.2, 0) is 6.18 Å². The fourth-order valence-corrected chi connectivity index (χ4v) is 4.42. The third-order valence-corrected chi connectivity index (χ3v) is 6.04. The Hall–Kier alpha value is -3.13.